The summed E-state index contributed by atoms with van der Waals surface area (Å²) in [6, 6.07) is 4.64. The Hall–Kier alpha value is -1.37. The van der Waals surface area contributed by atoms with Crippen molar-refractivity contribution in [3.05, 3.63) is 46.3 Å². The lowest BCUT2D eigenvalue weighted by Gasteiger charge is -2.09. The molecular weight excluding hydrogens is 309 g/mol. The fourth-order valence-corrected chi connectivity index (χ4v) is 3.22. The van der Waals surface area contributed by atoms with Crippen molar-refractivity contribution in [2.75, 3.05) is 4.72 Å². The number of benzene rings is 1. The number of sulfonamides is 1. The van der Waals surface area contributed by atoms with Gasteiger partial charge in [0.25, 0.3) is 10.0 Å². The van der Waals surface area contributed by atoms with Crippen LogP contribution in [0.4, 0.5) is 5.82 Å². The number of aryl methyl sites for hydroxylation is 1. The molecule has 0 aliphatic rings. The van der Waals surface area contributed by atoms with Crippen LogP contribution in [0.15, 0.2) is 35.5 Å². The molecule has 8 heteroatoms. The van der Waals surface area contributed by atoms with Gasteiger partial charge < -0.3 is 0 Å². The molecule has 100 valence electrons. The third-order valence-corrected chi connectivity index (χ3v) is 4.36. The van der Waals surface area contributed by atoms with Crippen LogP contribution in [0.1, 0.15) is 5.56 Å². The molecule has 0 atom stereocenters. The van der Waals surface area contributed by atoms with E-state index in [0.717, 1.165) is 5.56 Å². The van der Waals surface area contributed by atoms with Gasteiger partial charge in [-0.25, -0.2) is 18.4 Å². The maximum atomic E-state index is 12.2. The van der Waals surface area contributed by atoms with Gasteiger partial charge in [0, 0.05) is 12.4 Å². The zero-order valence-electron chi connectivity index (χ0n) is 9.76. The van der Waals surface area contributed by atoms with Crippen molar-refractivity contribution < 1.29 is 8.42 Å². The highest BCUT2D eigenvalue weighted by Crippen LogP contribution is 2.25. The standard InChI is InChI=1S/C11H9Cl2N3O2S/c1-7-2-3-9(8(12)6-7)19(17,18)16-11-10(13)14-4-5-15-11/h2-6H,1H3,(H,15,16). The van der Waals surface area contributed by atoms with Crippen molar-refractivity contribution in [3.8, 4) is 0 Å². The van der Waals surface area contributed by atoms with Gasteiger partial charge in [0.15, 0.2) is 11.0 Å². The normalized spacial score (nSPS) is 11.3. The average Bonchev–Trinajstić information content (AvgIpc) is 2.31. The number of hydrogen-bond acceptors (Lipinski definition) is 4. The minimum atomic E-state index is -3.85. The molecule has 0 amide bonds. The number of halogens is 2. The summed E-state index contributed by atoms with van der Waals surface area (Å²) in [6.07, 6.45) is 2.69. The molecule has 0 aliphatic carbocycles. The van der Waals surface area contributed by atoms with Crippen LogP contribution in [0.25, 0.3) is 0 Å². The van der Waals surface area contributed by atoms with Gasteiger partial charge in [0.2, 0.25) is 0 Å². The van der Waals surface area contributed by atoms with Crippen LogP contribution in [-0.4, -0.2) is 18.4 Å². The molecule has 2 aromatic rings. The minimum Gasteiger partial charge on any atom is -0.261 e. The van der Waals surface area contributed by atoms with Gasteiger partial charge in [-0.05, 0) is 24.6 Å². The van der Waals surface area contributed by atoms with Crippen molar-refractivity contribution >= 4 is 39.0 Å². The van der Waals surface area contributed by atoms with E-state index in [1.807, 2.05) is 6.92 Å². The molecule has 0 saturated heterocycles. The first-order chi connectivity index (χ1) is 8.90. The van der Waals surface area contributed by atoms with Crippen LogP contribution in [0.2, 0.25) is 10.2 Å². The van der Waals surface area contributed by atoms with Crippen molar-refractivity contribution in [2.45, 2.75) is 11.8 Å². The quantitative estimate of drug-likeness (QED) is 0.944. The first-order valence-electron chi connectivity index (χ1n) is 5.15. The summed E-state index contributed by atoms with van der Waals surface area (Å²) in [7, 11) is -3.85. The zero-order valence-corrected chi connectivity index (χ0v) is 12.1. The molecular formula is C11H9Cl2N3O2S. The van der Waals surface area contributed by atoms with Crippen molar-refractivity contribution in [3.63, 3.8) is 0 Å². The van der Waals surface area contributed by atoms with E-state index >= 15 is 0 Å². The highest BCUT2D eigenvalue weighted by molar-refractivity contribution is 7.92. The first-order valence-corrected chi connectivity index (χ1v) is 7.39. The largest absolute Gasteiger partial charge is 0.264 e. The molecule has 1 aromatic carbocycles. The summed E-state index contributed by atoms with van der Waals surface area (Å²) >= 11 is 11.7. The zero-order chi connectivity index (χ0) is 14.0. The van der Waals surface area contributed by atoms with E-state index in [4.69, 9.17) is 23.2 Å². The molecule has 1 aromatic heterocycles. The molecule has 0 radical (unpaired) electrons. The second-order valence-corrected chi connectivity index (χ2v) is 6.15. The maximum Gasteiger partial charge on any atom is 0.264 e. The van der Waals surface area contributed by atoms with Gasteiger partial charge in [-0.1, -0.05) is 29.3 Å². The summed E-state index contributed by atoms with van der Waals surface area (Å²) in [5, 5.41) is 0.0989. The molecule has 0 spiro atoms. The summed E-state index contributed by atoms with van der Waals surface area (Å²) < 4.78 is 26.6. The van der Waals surface area contributed by atoms with Gasteiger partial charge in [0.1, 0.15) is 4.90 Å². The van der Waals surface area contributed by atoms with Crippen molar-refractivity contribution in [1.29, 1.82) is 0 Å². The van der Waals surface area contributed by atoms with E-state index in [1.54, 1.807) is 12.1 Å². The van der Waals surface area contributed by atoms with E-state index in [0.29, 0.717) is 0 Å². The summed E-state index contributed by atoms with van der Waals surface area (Å²) in [5.41, 5.74) is 0.862. The van der Waals surface area contributed by atoms with Crippen LogP contribution in [0.5, 0.6) is 0 Å². The molecule has 0 bridgehead atoms. The van der Waals surface area contributed by atoms with Crippen molar-refractivity contribution in [2.24, 2.45) is 0 Å². The van der Waals surface area contributed by atoms with Gasteiger partial charge in [-0.15, -0.1) is 0 Å². The molecule has 2 rings (SSSR count). The number of nitrogens with one attached hydrogen (secondary N) is 1. The Bertz CT molecular complexity index is 720. The van der Waals surface area contributed by atoms with Gasteiger partial charge in [-0.2, -0.15) is 0 Å². The molecule has 0 aliphatic heterocycles. The van der Waals surface area contributed by atoms with Gasteiger partial charge in [-0.3, -0.25) is 4.72 Å². The van der Waals surface area contributed by atoms with Crippen molar-refractivity contribution in [1.82, 2.24) is 9.97 Å². The second-order valence-electron chi connectivity index (χ2n) is 3.74. The van der Waals surface area contributed by atoms with Crippen LogP contribution in [-0.2, 0) is 10.0 Å². The minimum absolute atomic E-state index is 0.0330. The summed E-state index contributed by atoms with van der Waals surface area (Å²) in [6.45, 7) is 1.81. The van der Waals surface area contributed by atoms with E-state index < -0.39 is 10.0 Å². The summed E-state index contributed by atoms with van der Waals surface area (Å²) in [5.74, 6) is -0.0409. The number of anilines is 1. The SMILES string of the molecule is Cc1ccc(S(=O)(=O)Nc2nccnc2Cl)c(Cl)c1. The van der Waals surface area contributed by atoms with Crippen LogP contribution >= 0.6 is 23.2 Å². The third kappa shape index (κ3) is 3.15. The lowest BCUT2D eigenvalue weighted by molar-refractivity contribution is 0.601. The maximum absolute atomic E-state index is 12.2. The Kier molecular flexibility index (Phi) is 3.93. The smallest absolute Gasteiger partial charge is 0.261 e. The number of rotatable bonds is 3. The molecule has 19 heavy (non-hydrogen) atoms. The fraction of sp³-hybridized carbons (Fsp3) is 0.0909. The number of hydrogen-bond donors (Lipinski definition) is 1. The number of nitrogens with zero attached hydrogens (tertiary/aromatic N) is 2. The summed E-state index contributed by atoms with van der Waals surface area (Å²) in [4.78, 5) is 7.50. The van der Waals surface area contributed by atoms with E-state index in [1.165, 1.54) is 18.5 Å². The predicted octanol–water partition coefficient (Wildman–Crippen LogP) is 2.89. The van der Waals surface area contributed by atoms with E-state index in [9.17, 15) is 8.42 Å². The molecule has 5 nitrogen and oxygen atoms in total. The molecule has 1 N–H and O–H groups in total. The second kappa shape index (κ2) is 5.32. The van der Waals surface area contributed by atoms with Gasteiger partial charge in [0.05, 0.1) is 5.02 Å². The molecule has 1 heterocycles. The lowest BCUT2D eigenvalue weighted by Crippen LogP contribution is -2.15. The fourth-order valence-electron chi connectivity index (χ4n) is 1.40. The predicted molar refractivity (Wildman–Crippen MR) is 74.0 cm³/mol. The molecule has 0 unspecified atom stereocenters. The number of aromatic nitrogens is 2. The highest BCUT2D eigenvalue weighted by Gasteiger charge is 2.20. The monoisotopic (exact) mass is 317 g/mol. The van der Waals surface area contributed by atoms with Crippen LogP contribution in [0, 0.1) is 6.92 Å². The van der Waals surface area contributed by atoms with Crippen LogP contribution in [0.3, 0.4) is 0 Å². The lowest BCUT2D eigenvalue weighted by atomic mass is 10.2. The van der Waals surface area contributed by atoms with E-state index in [2.05, 4.69) is 14.7 Å². The topological polar surface area (TPSA) is 72.0 Å². The Balaban J connectivity index is 2.41. The van der Waals surface area contributed by atoms with Crippen LogP contribution < -0.4 is 4.72 Å². The Morgan fingerprint density at radius 3 is 2.47 bits per heavy atom. The van der Waals surface area contributed by atoms with E-state index in [-0.39, 0.29) is 20.9 Å². The molecule has 0 fully saturated rings. The Morgan fingerprint density at radius 2 is 1.84 bits per heavy atom. The Labute approximate surface area is 120 Å². The first kappa shape index (κ1) is 14.0. The average molecular weight is 318 g/mol. The Morgan fingerprint density at radius 1 is 1.16 bits per heavy atom. The van der Waals surface area contributed by atoms with Gasteiger partial charge >= 0.3 is 0 Å². The highest BCUT2D eigenvalue weighted by atomic mass is 35.5. The molecule has 0 saturated carbocycles. The third-order valence-electron chi connectivity index (χ3n) is 2.26.